The molecule has 0 saturated heterocycles. The number of rotatable bonds is 5. The van der Waals surface area contributed by atoms with E-state index in [0.717, 1.165) is 12.2 Å². The van der Waals surface area contributed by atoms with Gasteiger partial charge in [0, 0.05) is 37.6 Å². The van der Waals surface area contributed by atoms with E-state index >= 15 is 0 Å². The molecule has 0 aliphatic rings. The van der Waals surface area contributed by atoms with Crippen LogP contribution < -0.4 is 10.6 Å². The van der Waals surface area contributed by atoms with Crippen LogP contribution in [0.15, 0.2) is 18.2 Å². The van der Waals surface area contributed by atoms with Crippen LogP contribution in [0, 0.1) is 0 Å². The van der Waals surface area contributed by atoms with Gasteiger partial charge >= 0.3 is 0 Å². The maximum Gasteiger partial charge on any atom is 0.117 e. The maximum absolute atomic E-state index is 12.7. The molecule has 0 fully saturated rings. The fraction of sp³-hybridized carbons (Fsp3) is 0.455. The Hall–Kier alpha value is -1.29. The minimum absolute atomic E-state index is 0.502. The third-order valence-corrected chi connectivity index (χ3v) is 2.29. The molecular weight excluding hydrogens is 195 g/mol. The summed E-state index contributed by atoms with van der Waals surface area (Å²) in [6, 6.07) is 5.27. The van der Waals surface area contributed by atoms with Crippen molar-refractivity contribution in [3.63, 3.8) is 0 Å². The first-order valence-corrected chi connectivity index (χ1v) is 4.83. The molecule has 0 spiro atoms. The van der Waals surface area contributed by atoms with Gasteiger partial charge in [0.2, 0.25) is 0 Å². The summed E-state index contributed by atoms with van der Waals surface area (Å²) in [6.45, 7) is 0.845. The van der Waals surface area contributed by atoms with Crippen molar-refractivity contribution in [2.45, 2.75) is 6.67 Å². The Labute approximate surface area is 89.6 Å². The number of methoxy groups -OCH3 is 1. The third kappa shape index (κ3) is 3.09. The Balaban J connectivity index is 2.82. The van der Waals surface area contributed by atoms with Crippen molar-refractivity contribution in [3.8, 4) is 0 Å². The molecule has 0 heterocycles. The van der Waals surface area contributed by atoms with Gasteiger partial charge in [0.15, 0.2) is 0 Å². The van der Waals surface area contributed by atoms with E-state index in [9.17, 15) is 4.39 Å². The lowest BCUT2D eigenvalue weighted by atomic mass is 10.1. The van der Waals surface area contributed by atoms with Crippen LogP contribution in [0.2, 0.25) is 0 Å². The molecule has 0 amide bonds. The van der Waals surface area contributed by atoms with Gasteiger partial charge in [-0.05, 0) is 18.2 Å². The molecule has 3 nitrogen and oxygen atoms in total. The number of nitrogens with zero attached hydrogens (tertiary/aromatic N) is 1. The maximum atomic E-state index is 12.7. The monoisotopic (exact) mass is 212 g/mol. The molecule has 0 aromatic heterocycles. The second-order valence-electron chi connectivity index (χ2n) is 3.44. The molecule has 0 unspecified atom stereocenters. The van der Waals surface area contributed by atoms with Gasteiger partial charge in [-0.2, -0.15) is 0 Å². The van der Waals surface area contributed by atoms with E-state index in [4.69, 9.17) is 10.5 Å². The highest BCUT2D eigenvalue weighted by Gasteiger charge is 2.07. The number of anilines is 2. The minimum Gasteiger partial charge on any atom is -0.399 e. The van der Waals surface area contributed by atoms with Gasteiger partial charge in [0.1, 0.15) is 6.67 Å². The molecule has 0 bridgehead atoms. The molecular formula is C11H17FN2O. The summed E-state index contributed by atoms with van der Waals surface area (Å²) in [7, 11) is 3.55. The second-order valence-corrected chi connectivity index (χ2v) is 3.44. The summed E-state index contributed by atoms with van der Waals surface area (Å²) in [5.74, 6) is 0. The van der Waals surface area contributed by atoms with Gasteiger partial charge in [-0.1, -0.05) is 0 Å². The zero-order chi connectivity index (χ0) is 11.3. The van der Waals surface area contributed by atoms with Crippen LogP contribution in [0.5, 0.6) is 0 Å². The van der Waals surface area contributed by atoms with Crippen LogP contribution >= 0.6 is 0 Å². The molecule has 2 N–H and O–H groups in total. The van der Waals surface area contributed by atoms with E-state index in [1.807, 2.05) is 18.0 Å². The zero-order valence-electron chi connectivity index (χ0n) is 9.16. The van der Waals surface area contributed by atoms with E-state index in [1.165, 1.54) is 0 Å². The van der Waals surface area contributed by atoms with Crippen LogP contribution in [0.4, 0.5) is 15.8 Å². The van der Waals surface area contributed by atoms with Crippen LogP contribution in [0.25, 0.3) is 0 Å². The zero-order valence-corrected chi connectivity index (χ0v) is 9.16. The first-order valence-electron chi connectivity index (χ1n) is 4.83. The second kappa shape index (κ2) is 5.56. The first kappa shape index (κ1) is 11.8. The molecule has 4 heteroatoms. The van der Waals surface area contributed by atoms with Gasteiger partial charge in [-0.15, -0.1) is 0 Å². The van der Waals surface area contributed by atoms with Crippen LogP contribution in [-0.2, 0) is 11.4 Å². The van der Waals surface area contributed by atoms with Gasteiger partial charge in [0.05, 0.1) is 6.61 Å². The molecule has 84 valence electrons. The van der Waals surface area contributed by atoms with Gasteiger partial charge < -0.3 is 15.4 Å². The van der Waals surface area contributed by atoms with Crippen molar-refractivity contribution >= 4 is 11.4 Å². The molecule has 0 aliphatic heterocycles. The highest BCUT2D eigenvalue weighted by atomic mass is 19.1. The van der Waals surface area contributed by atoms with Crippen LogP contribution in [-0.4, -0.2) is 27.3 Å². The largest absolute Gasteiger partial charge is 0.399 e. The number of nitrogens with two attached hydrogens (primary N) is 1. The average Bonchev–Trinajstić information content (AvgIpc) is 2.25. The third-order valence-electron chi connectivity index (χ3n) is 2.29. The summed E-state index contributed by atoms with van der Waals surface area (Å²) in [4.78, 5) is 1.96. The van der Waals surface area contributed by atoms with E-state index in [2.05, 4.69) is 0 Å². The lowest BCUT2D eigenvalue weighted by Crippen LogP contribution is -2.23. The quantitative estimate of drug-likeness (QED) is 0.757. The van der Waals surface area contributed by atoms with E-state index < -0.39 is 6.67 Å². The first-order chi connectivity index (χ1) is 7.19. The van der Waals surface area contributed by atoms with Crippen molar-refractivity contribution in [3.05, 3.63) is 23.8 Å². The molecule has 15 heavy (non-hydrogen) atoms. The van der Waals surface area contributed by atoms with Crippen molar-refractivity contribution < 1.29 is 9.13 Å². The molecule has 0 radical (unpaired) electrons. The van der Waals surface area contributed by atoms with Crippen LogP contribution in [0.3, 0.4) is 0 Å². The minimum atomic E-state index is -0.502. The Bertz CT molecular complexity index is 317. The Morgan fingerprint density at radius 1 is 1.47 bits per heavy atom. The number of nitrogen functional groups attached to an aromatic ring is 1. The fourth-order valence-electron chi connectivity index (χ4n) is 1.43. The van der Waals surface area contributed by atoms with E-state index in [-0.39, 0.29) is 0 Å². The summed E-state index contributed by atoms with van der Waals surface area (Å²) in [5, 5.41) is 0. The summed E-state index contributed by atoms with van der Waals surface area (Å²) >= 11 is 0. The number of halogens is 1. The molecule has 0 aliphatic carbocycles. The number of hydrogen-bond donors (Lipinski definition) is 1. The summed E-state index contributed by atoms with van der Waals surface area (Å²) in [6.07, 6.45) is 0. The Morgan fingerprint density at radius 2 is 2.20 bits per heavy atom. The SMILES string of the molecule is COCCN(C)c1ccc(N)cc1CF. The summed E-state index contributed by atoms with van der Waals surface area (Å²) in [5.41, 5.74) is 7.67. The van der Waals surface area contributed by atoms with Gasteiger partial charge in [-0.25, -0.2) is 4.39 Å². The standard InChI is InChI=1S/C11H17FN2O/c1-14(5-6-15-2)11-4-3-10(13)7-9(11)8-12/h3-4,7H,5-6,8,13H2,1-2H3. The molecule has 0 saturated carbocycles. The smallest absolute Gasteiger partial charge is 0.117 e. The van der Waals surface area contributed by atoms with E-state index in [1.54, 1.807) is 19.2 Å². The molecule has 1 rings (SSSR count). The molecule has 1 aromatic rings. The number of ether oxygens (including phenoxy) is 1. The molecule has 1 aromatic carbocycles. The van der Waals surface area contributed by atoms with E-state index in [0.29, 0.717) is 17.9 Å². The summed E-state index contributed by atoms with van der Waals surface area (Å²) < 4.78 is 17.7. The number of benzene rings is 1. The predicted octanol–water partition coefficient (Wildman–Crippen LogP) is 1.82. The van der Waals surface area contributed by atoms with Crippen molar-refractivity contribution in [1.29, 1.82) is 0 Å². The predicted molar refractivity (Wildman–Crippen MR) is 60.8 cm³/mol. The van der Waals surface area contributed by atoms with Gasteiger partial charge in [0.25, 0.3) is 0 Å². The fourth-order valence-corrected chi connectivity index (χ4v) is 1.43. The Kier molecular flexibility index (Phi) is 4.37. The number of hydrogen-bond acceptors (Lipinski definition) is 3. The van der Waals surface area contributed by atoms with Crippen molar-refractivity contribution in [1.82, 2.24) is 0 Å². The highest BCUT2D eigenvalue weighted by molar-refractivity contribution is 5.59. The van der Waals surface area contributed by atoms with Gasteiger partial charge in [-0.3, -0.25) is 0 Å². The molecule has 0 atom stereocenters. The number of likely N-dealkylation sites (N-methyl/N-ethyl adjacent to an activating group) is 1. The van der Waals surface area contributed by atoms with Crippen molar-refractivity contribution in [2.24, 2.45) is 0 Å². The number of alkyl halides is 1. The topological polar surface area (TPSA) is 38.5 Å². The van der Waals surface area contributed by atoms with Crippen LogP contribution in [0.1, 0.15) is 5.56 Å². The highest BCUT2D eigenvalue weighted by Crippen LogP contribution is 2.22. The lowest BCUT2D eigenvalue weighted by Gasteiger charge is -2.21. The Morgan fingerprint density at radius 3 is 2.80 bits per heavy atom. The lowest BCUT2D eigenvalue weighted by molar-refractivity contribution is 0.206. The van der Waals surface area contributed by atoms with Crippen molar-refractivity contribution in [2.75, 3.05) is 37.9 Å². The normalized spacial score (nSPS) is 10.3. The average molecular weight is 212 g/mol.